The predicted molar refractivity (Wildman–Crippen MR) is 59.8 cm³/mol. The van der Waals surface area contributed by atoms with Crippen LogP contribution in [0.25, 0.3) is 0 Å². The number of Topliss-reactive ketones (excluding diaryl/α,β-unsaturated/α-hetero) is 1. The molecule has 0 heterocycles. The van der Waals surface area contributed by atoms with Crippen molar-refractivity contribution in [2.75, 3.05) is 0 Å². The highest BCUT2D eigenvalue weighted by Crippen LogP contribution is 2.16. The van der Waals surface area contributed by atoms with Crippen LogP contribution in [0.1, 0.15) is 47.7 Å². The van der Waals surface area contributed by atoms with Crippen LogP contribution in [0.4, 0.5) is 0 Å². The standard InChI is InChI=1S/C13H18O/c1-4-5-9-12(14)13-10(2)7-6-8-11(13)3/h6-8H,4-5,9H2,1-3H3. The Balaban J connectivity index is 2.89. The molecule has 0 atom stereocenters. The van der Waals surface area contributed by atoms with Crippen LogP contribution >= 0.6 is 0 Å². The van der Waals surface area contributed by atoms with Crippen molar-refractivity contribution in [2.24, 2.45) is 0 Å². The Morgan fingerprint density at radius 2 is 1.79 bits per heavy atom. The summed E-state index contributed by atoms with van der Waals surface area (Å²) >= 11 is 0. The van der Waals surface area contributed by atoms with Gasteiger partial charge >= 0.3 is 0 Å². The zero-order valence-electron chi connectivity index (χ0n) is 9.26. The number of benzene rings is 1. The van der Waals surface area contributed by atoms with Gasteiger partial charge in [0.2, 0.25) is 0 Å². The Morgan fingerprint density at radius 3 is 2.29 bits per heavy atom. The van der Waals surface area contributed by atoms with E-state index in [1.54, 1.807) is 0 Å². The van der Waals surface area contributed by atoms with Gasteiger partial charge in [0.1, 0.15) is 0 Å². The fourth-order valence-electron chi connectivity index (χ4n) is 1.72. The molecule has 76 valence electrons. The van der Waals surface area contributed by atoms with Crippen molar-refractivity contribution in [3.8, 4) is 0 Å². The highest BCUT2D eigenvalue weighted by atomic mass is 16.1. The Kier molecular flexibility index (Phi) is 3.87. The first-order chi connectivity index (χ1) is 6.66. The highest BCUT2D eigenvalue weighted by molar-refractivity contribution is 5.98. The van der Waals surface area contributed by atoms with E-state index < -0.39 is 0 Å². The number of ketones is 1. The van der Waals surface area contributed by atoms with E-state index in [4.69, 9.17) is 0 Å². The maximum atomic E-state index is 11.8. The number of hydrogen-bond donors (Lipinski definition) is 0. The molecule has 1 nitrogen and oxygen atoms in total. The van der Waals surface area contributed by atoms with E-state index in [1.165, 1.54) is 0 Å². The molecule has 0 unspecified atom stereocenters. The molecule has 0 aliphatic heterocycles. The van der Waals surface area contributed by atoms with E-state index in [2.05, 4.69) is 6.92 Å². The van der Waals surface area contributed by atoms with Crippen molar-refractivity contribution in [3.05, 3.63) is 34.9 Å². The monoisotopic (exact) mass is 190 g/mol. The lowest BCUT2D eigenvalue weighted by Gasteiger charge is -2.07. The number of carbonyl (C=O) groups excluding carboxylic acids is 1. The molecule has 0 amide bonds. The van der Waals surface area contributed by atoms with Crippen LogP contribution < -0.4 is 0 Å². The summed E-state index contributed by atoms with van der Waals surface area (Å²) in [6.07, 6.45) is 2.76. The van der Waals surface area contributed by atoms with Gasteiger partial charge in [-0.15, -0.1) is 0 Å². The molecule has 0 aliphatic carbocycles. The molecule has 0 radical (unpaired) electrons. The normalized spacial score (nSPS) is 10.2. The van der Waals surface area contributed by atoms with Crippen LogP contribution in [0.5, 0.6) is 0 Å². The first-order valence-electron chi connectivity index (χ1n) is 5.26. The van der Waals surface area contributed by atoms with Crippen LogP contribution in [-0.2, 0) is 0 Å². The maximum Gasteiger partial charge on any atom is 0.163 e. The zero-order valence-corrected chi connectivity index (χ0v) is 9.26. The van der Waals surface area contributed by atoms with Crippen molar-refractivity contribution in [2.45, 2.75) is 40.0 Å². The van der Waals surface area contributed by atoms with Gasteiger partial charge < -0.3 is 0 Å². The van der Waals surface area contributed by atoms with E-state index in [-0.39, 0.29) is 0 Å². The van der Waals surface area contributed by atoms with E-state index in [0.717, 1.165) is 29.5 Å². The summed E-state index contributed by atoms with van der Waals surface area (Å²) in [5, 5.41) is 0. The van der Waals surface area contributed by atoms with Crippen molar-refractivity contribution >= 4 is 5.78 Å². The molecular weight excluding hydrogens is 172 g/mol. The van der Waals surface area contributed by atoms with Crippen molar-refractivity contribution in [1.82, 2.24) is 0 Å². The number of carbonyl (C=O) groups is 1. The van der Waals surface area contributed by atoms with Gasteiger partial charge in [-0.2, -0.15) is 0 Å². The Morgan fingerprint density at radius 1 is 1.21 bits per heavy atom. The minimum Gasteiger partial charge on any atom is -0.294 e. The van der Waals surface area contributed by atoms with Crippen LogP contribution in [0.2, 0.25) is 0 Å². The minimum absolute atomic E-state index is 0.294. The van der Waals surface area contributed by atoms with Gasteiger partial charge in [0.05, 0.1) is 0 Å². The highest BCUT2D eigenvalue weighted by Gasteiger charge is 2.10. The van der Waals surface area contributed by atoms with E-state index >= 15 is 0 Å². The quantitative estimate of drug-likeness (QED) is 0.662. The predicted octanol–water partition coefficient (Wildman–Crippen LogP) is 3.68. The third kappa shape index (κ3) is 2.44. The Bertz CT molecular complexity index is 306. The third-order valence-corrected chi connectivity index (χ3v) is 2.52. The second kappa shape index (κ2) is 4.94. The lowest BCUT2D eigenvalue weighted by molar-refractivity contribution is 0.0978. The van der Waals surface area contributed by atoms with Crippen LogP contribution in [-0.4, -0.2) is 5.78 Å². The molecule has 0 aromatic heterocycles. The molecule has 14 heavy (non-hydrogen) atoms. The fourth-order valence-corrected chi connectivity index (χ4v) is 1.72. The smallest absolute Gasteiger partial charge is 0.163 e. The molecule has 0 saturated carbocycles. The van der Waals surface area contributed by atoms with Gasteiger partial charge in [0.25, 0.3) is 0 Å². The average molecular weight is 190 g/mol. The van der Waals surface area contributed by atoms with Crippen molar-refractivity contribution in [3.63, 3.8) is 0 Å². The second-order valence-corrected chi connectivity index (χ2v) is 3.79. The molecule has 0 fully saturated rings. The van der Waals surface area contributed by atoms with Crippen molar-refractivity contribution < 1.29 is 4.79 Å². The molecule has 0 aliphatic rings. The Labute approximate surface area is 86.1 Å². The molecule has 1 heteroatoms. The van der Waals surface area contributed by atoms with Gasteiger partial charge in [-0.1, -0.05) is 31.5 Å². The topological polar surface area (TPSA) is 17.1 Å². The first-order valence-corrected chi connectivity index (χ1v) is 5.26. The molecule has 1 aromatic rings. The summed E-state index contributed by atoms with van der Waals surface area (Å²) in [4.78, 5) is 11.8. The minimum atomic E-state index is 0.294. The summed E-state index contributed by atoms with van der Waals surface area (Å²) in [5.41, 5.74) is 3.14. The molecule has 0 bridgehead atoms. The summed E-state index contributed by atoms with van der Waals surface area (Å²) in [5.74, 6) is 0.294. The van der Waals surface area contributed by atoms with Crippen LogP contribution in [0.15, 0.2) is 18.2 Å². The number of unbranched alkanes of at least 4 members (excludes halogenated alkanes) is 1. The molecule has 0 spiro atoms. The lowest BCUT2D eigenvalue weighted by Crippen LogP contribution is -2.04. The summed E-state index contributed by atoms with van der Waals surface area (Å²) in [6.45, 7) is 6.12. The van der Waals surface area contributed by atoms with Crippen LogP contribution in [0.3, 0.4) is 0 Å². The van der Waals surface area contributed by atoms with Gasteiger partial charge in [-0.05, 0) is 31.4 Å². The fraction of sp³-hybridized carbons (Fsp3) is 0.462. The largest absolute Gasteiger partial charge is 0.294 e. The summed E-state index contributed by atoms with van der Waals surface area (Å²) < 4.78 is 0. The van der Waals surface area contributed by atoms with E-state index in [0.29, 0.717) is 12.2 Å². The van der Waals surface area contributed by atoms with E-state index in [9.17, 15) is 4.79 Å². The number of rotatable bonds is 4. The second-order valence-electron chi connectivity index (χ2n) is 3.79. The summed E-state index contributed by atoms with van der Waals surface area (Å²) in [7, 11) is 0. The van der Waals surface area contributed by atoms with Gasteiger partial charge in [-0.3, -0.25) is 4.79 Å². The van der Waals surface area contributed by atoms with E-state index in [1.807, 2.05) is 32.0 Å². The van der Waals surface area contributed by atoms with Gasteiger partial charge in [0, 0.05) is 12.0 Å². The molecular formula is C13H18O. The summed E-state index contributed by atoms with van der Waals surface area (Å²) in [6, 6.07) is 6.01. The first kappa shape index (κ1) is 11.0. The maximum absolute atomic E-state index is 11.8. The number of aryl methyl sites for hydroxylation is 2. The van der Waals surface area contributed by atoms with Gasteiger partial charge in [0.15, 0.2) is 5.78 Å². The molecule has 1 rings (SSSR count). The van der Waals surface area contributed by atoms with Crippen molar-refractivity contribution in [1.29, 1.82) is 0 Å². The average Bonchev–Trinajstić information content (AvgIpc) is 2.14. The zero-order chi connectivity index (χ0) is 10.6. The molecule has 0 N–H and O–H groups in total. The molecule has 0 saturated heterocycles. The SMILES string of the molecule is CCCCC(=O)c1c(C)cccc1C. The lowest BCUT2D eigenvalue weighted by atomic mass is 9.96. The van der Waals surface area contributed by atoms with Crippen LogP contribution in [0, 0.1) is 13.8 Å². The number of hydrogen-bond acceptors (Lipinski definition) is 1. The molecule has 1 aromatic carbocycles. The third-order valence-electron chi connectivity index (χ3n) is 2.52. The Hall–Kier alpha value is -1.11. The van der Waals surface area contributed by atoms with Gasteiger partial charge in [-0.25, -0.2) is 0 Å².